The summed E-state index contributed by atoms with van der Waals surface area (Å²) in [6, 6.07) is 27.4. The maximum absolute atomic E-state index is 12.8. The molecule has 0 N–H and O–H groups in total. The SMILES string of the molecule is O=c1c2ccccc2c(Cc2ccccc2)nn1-c1ccccc1. The third kappa shape index (κ3) is 2.61. The second-order valence-corrected chi connectivity index (χ2v) is 5.71. The molecule has 116 valence electrons. The summed E-state index contributed by atoms with van der Waals surface area (Å²) in [6.45, 7) is 0. The van der Waals surface area contributed by atoms with Crippen molar-refractivity contribution in [1.82, 2.24) is 9.78 Å². The normalized spacial score (nSPS) is 10.8. The van der Waals surface area contributed by atoms with E-state index in [1.807, 2.05) is 72.8 Å². The molecule has 0 aliphatic rings. The van der Waals surface area contributed by atoms with Gasteiger partial charge in [0.05, 0.1) is 16.8 Å². The van der Waals surface area contributed by atoms with Crippen LogP contribution in [0.2, 0.25) is 0 Å². The van der Waals surface area contributed by atoms with Crippen LogP contribution in [0.25, 0.3) is 16.5 Å². The number of hydrogen-bond acceptors (Lipinski definition) is 2. The molecular formula is C21H16N2O. The second kappa shape index (κ2) is 6.13. The standard InChI is InChI=1S/C21H16N2O/c24-21-19-14-8-7-13-18(19)20(15-16-9-3-1-4-10-16)22-23(21)17-11-5-2-6-12-17/h1-14H,15H2. The molecule has 3 heteroatoms. The van der Waals surface area contributed by atoms with Gasteiger partial charge in [0.15, 0.2) is 0 Å². The molecule has 4 aromatic rings. The van der Waals surface area contributed by atoms with Crippen LogP contribution in [0.1, 0.15) is 11.3 Å². The topological polar surface area (TPSA) is 34.9 Å². The molecule has 24 heavy (non-hydrogen) atoms. The molecule has 0 aliphatic heterocycles. The number of rotatable bonds is 3. The van der Waals surface area contributed by atoms with Gasteiger partial charge < -0.3 is 0 Å². The molecule has 0 aliphatic carbocycles. The summed E-state index contributed by atoms with van der Waals surface area (Å²) in [5.74, 6) is 0. The molecule has 1 aromatic heterocycles. The minimum atomic E-state index is -0.0892. The molecule has 0 saturated carbocycles. The van der Waals surface area contributed by atoms with Gasteiger partial charge in [0, 0.05) is 11.8 Å². The van der Waals surface area contributed by atoms with Crippen LogP contribution in [-0.4, -0.2) is 9.78 Å². The van der Waals surface area contributed by atoms with Crippen LogP contribution in [-0.2, 0) is 6.42 Å². The van der Waals surface area contributed by atoms with E-state index in [1.54, 1.807) is 0 Å². The van der Waals surface area contributed by atoms with E-state index in [0.717, 1.165) is 16.8 Å². The summed E-state index contributed by atoms with van der Waals surface area (Å²) in [5.41, 5.74) is 2.77. The van der Waals surface area contributed by atoms with Crippen molar-refractivity contribution >= 4 is 10.8 Å². The number of fused-ring (bicyclic) bond motifs is 1. The van der Waals surface area contributed by atoms with Crippen molar-refractivity contribution in [2.75, 3.05) is 0 Å². The van der Waals surface area contributed by atoms with Gasteiger partial charge in [0.25, 0.3) is 5.56 Å². The summed E-state index contributed by atoms with van der Waals surface area (Å²) in [5, 5.41) is 6.28. The Labute approximate surface area is 139 Å². The van der Waals surface area contributed by atoms with Gasteiger partial charge in [0.1, 0.15) is 0 Å². The van der Waals surface area contributed by atoms with Gasteiger partial charge in [-0.05, 0) is 23.8 Å². The minimum Gasteiger partial charge on any atom is -0.267 e. The fraction of sp³-hybridized carbons (Fsp3) is 0.0476. The van der Waals surface area contributed by atoms with E-state index < -0.39 is 0 Å². The van der Waals surface area contributed by atoms with Crippen molar-refractivity contribution < 1.29 is 0 Å². The van der Waals surface area contributed by atoms with E-state index in [1.165, 1.54) is 10.2 Å². The van der Waals surface area contributed by atoms with Crippen molar-refractivity contribution in [3.05, 3.63) is 107 Å². The first-order valence-corrected chi connectivity index (χ1v) is 7.93. The van der Waals surface area contributed by atoms with Gasteiger partial charge >= 0.3 is 0 Å². The first-order valence-electron chi connectivity index (χ1n) is 7.93. The van der Waals surface area contributed by atoms with Gasteiger partial charge in [-0.3, -0.25) is 4.79 Å². The lowest BCUT2D eigenvalue weighted by Crippen LogP contribution is -2.23. The highest BCUT2D eigenvalue weighted by Gasteiger charge is 2.11. The zero-order chi connectivity index (χ0) is 16.4. The van der Waals surface area contributed by atoms with Crippen LogP contribution in [0.5, 0.6) is 0 Å². The molecule has 0 bridgehead atoms. The highest BCUT2D eigenvalue weighted by molar-refractivity contribution is 5.84. The molecule has 0 amide bonds. The van der Waals surface area contributed by atoms with Crippen LogP contribution in [0, 0.1) is 0 Å². The van der Waals surface area contributed by atoms with Crippen LogP contribution in [0.3, 0.4) is 0 Å². The molecule has 0 fully saturated rings. The zero-order valence-corrected chi connectivity index (χ0v) is 13.1. The molecule has 3 aromatic carbocycles. The third-order valence-corrected chi connectivity index (χ3v) is 4.10. The van der Waals surface area contributed by atoms with Crippen LogP contribution in [0.4, 0.5) is 0 Å². The molecular weight excluding hydrogens is 296 g/mol. The zero-order valence-electron chi connectivity index (χ0n) is 13.1. The molecule has 0 unspecified atom stereocenters. The van der Waals surface area contributed by atoms with Crippen molar-refractivity contribution in [3.8, 4) is 5.69 Å². The van der Waals surface area contributed by atoms with Crippen molar-refractivity contribution in [1.29, 1.82) is 0 Å². The van der Waals surface area contributed by atoms with Crippen molar-refractivity contribution in [2.24, 2.45) is 0 Å². The quantitative estimate of drug-likeness (QED) is 0.573. The summed E-state index contributed by atoms with van der Waals surface area (Å²) in [6.07, 6.45) is 0.689. The van der Waals surface area contributed by atoms with Crippen LogP contribution in [0.15, 0.2) is 89.7 Å². The first-order chi connectivity index (χ1) is 11.8. The number of nitrogens with zero attached hydrogens (tertiary/aromatic N) is 2. The second-order valence-electron chi connectivity index (χ2n) is 5.71. The molecule has 1 heterocycles. The lowest BCUT2D eigenvalue weighted by Gasteiger charge is -2.11. The average Bonchev–Trinajstić information content (AvgIpc) is 2.66. The Kier molecular flexibility index (Phi) is 3.67. The minimum absolute atomic E-state index is 0.0892. The monoisotopic (exact) mass is 312 g/mol. The predicted octanol–water partition coefficient (Wildman–Crippen LogP) is 3.98. The molecule has 4 rings (SSSR count). The summed E-state index contributed by atoms with van der Waals surface area (Å²) >= 11 is 0. The average molecular weight is 312 g/mol. The summed E-state index contributed by atoms with van der Waals surface area (Å²) in [4.78, 5) is 12.8. The third-order valence-electron chi connectivity index (χ3n) is 4.10. The summed E-state index contributed by atoms with van der Waals surface area (Å²) in [7, 11) is 0. The largest absolute Gasteiger partial charge is 0.279 e. The van der Waals surface area contributed by atoms with Gasteiger partial charge in [-0.1, -0.05) is 66.7 Å². The molecule has 0 spiro atoms. The molecule has 3 nitrogen and oxygen atoms in total. The Morgan fingerprint density at radius 3 is 2.00 bits per heavy atom. The number of hydrogen-bond donors (Lipinski definition) is 0. The Morgan fingerprint density at radius 1 is 0.708 bits per heavy atom. The lowest BCUT2D eigenvalue weighted by molar-refractivity contribution is 0.787. The van der Waals surface area contributed by atoms with Gasteiger partial charge in [-0.25, -0.2) is 0 Å². The number of aromatic nitrogens is 2. The van der Waals surface area contributed by atoms with Crippen LogP contribution < -0.4 is 5.56 Å². The van der Waals surface area contributed by atoms with Crippen molar-refractivity contribution in [2.45, 2.75) is 6.42 Å². The maximum atomic E-state index is 12.8. The smallest absolute Gasteiger partial charge is 0.267 e. The Hall–Kier alpha value is -3.20. The lowest BCUT2D eigenvalue weighted by atomic mass is 10.0. The summed E-state index contributed by atoms with van der Waals surface area (Å²) < 4.78 is 1.50. The van der Waals surface area contributed by atoms with E-state index in [0.29, 0.717) is 11.8 Å². The Bertz CT molecular complexity index is 1040. The maximum Gasteiger partial charge on any atom is 0.279 e. The Balaban J connectivity index is 1.95. The van der Waals surface area contributed by atoms with Gasteiger partial charge in [-0.15, -0.1) is 0 Å². The highest BCUT2D eigenvalue weighted by Crippen LogP contribution is 2.18. The van der Waals surface area contributed by atoms with Crippen LogP contribution >= 0.6 is 0 Å². The van der Waals surface area contributed by atoms with E-state index in [-0.39, 0.29) is 5.56 Å². The fourth-order valence-corrected chi connectivity index (χ4v) is 2.92. The molecule has 0 saturated heterocycles. The Morgan fingerprint density at radius 2 is 1.29 bits per heavy atom. The number of benzene rings is 3. The van der Waals surface area contributed by atoms with E-state index in [9.17, 15) is 4.79 Å². The molecule has 0 radical (unpaired) electrons. The highest BCUT2D eigenvalue weighted by atomic mass is 16.1. The molecule has 0 atom stereocenters. The number of para-hydroxylation sites is 1. The van der Waals surface area contributed by atoms with E-state index >= 15 is 0 Å². The van der Waals surface area contributed by atoms with E-state index in [4.69, 9.17) is 0 Å². The fourth-order valence-electron chi connectivity index (χ4n) is 2.92. The van der Waals surface area contributed by atoms with Gasteiger partial charge in [0.2, 0.25) is 0 Å². The van der Waals surface area contributed by atoms with E-state index in [2.05, 4.69) is 17.2 Å². The van der Waals surface area contributed by atoms with Gasteiger partial charge in [-0.2, -0.15) is 9.78 Å². The first kappa shape index (κ1) is 14.4. The predicted molar refractivity (Wildman–Crippen MR) is 96.6 cm³/mol. The van der Waals surface area contributed by atoms with Crippen molar-refractivity contribution in [3.63, 3.8) is 0 Å².